The molecule has 1 nitrogen and oxygen atoms in total. The number of ether oxygens (including phenoxy) is 1. The zero-order valence-electron chi connectivity index (χ0n) is 17.1. The zero-order chi connectivity index (χ0) is 21.8. The summed E-state index contributed by atoms with van der Waals surface area (Å²) in [6.45, 7) is 2.04. The van der Waals surface area contributed by atoms with Gasteiger partial charge in [-0.1, -0.05) is 65.6 Å². The first-order chi connectivity index (χ1) is 15.1. The molecule has 0 saturated heterocycles. The molecule has 0 unspecified atom stereocenters. The van der Waals surface area contributed by atoms with Crippen molar-refractivity contribution in [3.8, 4) is 29.4 Å². The lowest BCUT2D eigenvalue weighted by molar-refractivity contribution is 0.371. The summed E-state index contributed by atoms with van der Waals surface area (Å²) in [5.74, 6) is 9.93. The molecule has 0 atom stereocenters. The van der Waals surface area contributed by atoms with E-state index in [4.69, 9.17) is 4.74 Å². The Morgan fingerprint density at radius 2 is 1.16 bits per heavy atom. The fourth-order valence-corrected chi connectivity index (χ4v) is 3.21. The molecule has 0 bridgehead atoms. The normalized spacial score (nSPS) is 10.1. The van der Waals surface area contributed by atoms with Crippen LogP contribution in [-0.2, 0) is 0 Å². The van der Waals surface area contributed by atoms with Gasteiger partial charge in [-0.05, 0) is 54.1 Å². The van der Waals surface area contributed by atoms with E-state index in [1.165, 1.54) is 24.8 Å². The SMILES string of the molecule is COc1ccc(C#Cc2ccc(C#Cc3ccc(C)cc3)c3ccccc23)c(F)c1F. The van der Waals surface area contributed by atoms with E-state index in [1.54, 1.807) is 0 Å². The van der Waals surface area contributed by atoms with Crippen molar-refractivity contribution in [3.05, 3.63) is 112 Å². The molecule has 150 valence electrons. The van der Waals surface area contributed by atoms with Crippen LogP contribution in [0, 0.1) is 42.2 Å². The molecule has 0 aliphatic heterocycles. The standard InChI is InChI=1S/C28H18F2O/c1-19-7-9-20(10-8-19)11-12-21-13-14-22(25-6-4-3-5-24(21)25)15-16-23-17-18-26(31-2)28(30)27(23)29/h3-10,13-14,17-18H,1-2H3. The molecule has 0 aliphatic carbocycles. The van der Waals surface area contributed by atoms with E-state index in [-0.39, 0.29) is 11.3 Å². The molecule has 0 fully saturated rings. The highest BCUT2D eigenvalue weighted by atomic mass is 19.2. The smallest absolute Gasteiger partial charge is 0.201 e. The summed E-state index contributed by atoms with van der Waals surface area (Å²) in [6.07, 6.45) is 0. The van der Waals surface area contributed by atoms with Gasteiger partial charge in [0, 0.05) is 16.7 Å². The number of hydrogen-bond acceptors (Lipinski definition) is 1. The number of halogens is 2. The van der Waals surface area contributed by atoms with E-state index in [0.29, 0.717) is 5.56 Å². The van der Waals surface area contributed by atoms with Gasteiger partial charge in [0.15, 0.2) is 11.6 Å². The minimum atomic E-state index is -1.04. The largest absolute Gasteiger partial charge is 0.494 e. The van der Waals surface area contributed by atoms with Gasteiger partial charge in [-0.2, -0.15) is 4.39 Å². The lowest BCUT2D eigenvalue weighted by Crippen LogP contribution is -1.95. The maximum atomic E-state index is 14.2. The van der Waals surface area contributed by atoms with Gasteiger partial charge >= 0.3 is 0 Å². The predicted octanol–water partition coefficient (Wildman–Crippen LogP) is 6.23. The van der Waals surface area contributed by atoms with Crippen molar-refractivity contribution < 1.29 is 13.5 Å². The second kappa shape index (κ2) is 8.74. The third-order valence-corrected chi connectivity index (χ3v) is 4.92. The van der Waals surface area contributed by atoms with Crippen molar-refractivity contribution in [1.29, 1.82) is 0 Å². The Hall–Kier alpha value is -4.08. The van der Waals surface area contributed by atoms with Crippen molar-refractivity contribution in [1.82, 2.24) is 0 Å². The van der Waals surface area contributed by atoms with E-state index < -0.39 is 11.6 Å². The summed E-state index contributed by atoms with van der Waals surface area (Å²) in [5, 5.41) is 1.86. The van der Waals surface area contributed by atoms with Gasteiger partial charge in [0.1, 0.15) is 0 Å². The average Bonchev–Trinajstić information content (AvgIpc) is 2.80. The summed E-state index contributed by atoms with van der Waals surface area (Å²) in [6, 6.07) is 22.4. The number of aryl methyl sites for hydroxylation is 1. The van der Waals surface area contributed by atoms with Crippen LogP contribution in [0.1, 0.15) is 27.8 Å². The highest BCUT2D eigenvalue weighted by Gasteiger charge is 2.12. The Kier molecular flexibility index (Phi) is 5.69. The monoisotopic (exact) mass is 408 g/mol. The molecule has 0 heterocycles. The van der Waals surface area contributed by atoms with Crippen molar-refractivity contribution >= 4 is 10.8 Å². The number of fused-ring (bicyclic) bond motifs is 1. The molecule has 4 aromatic carbocycles. The van der Waals surface area contributed by atoms with Crippen LogP contribution in [0.4, 0.5) is 8.78 Å². The minimum absolute atomic E-state index is 0.0226. The Morgan fingerprint density at radius 1 is 0.613 bits per heavy atom. The number of rotatable bonds is 1. The molecule has 0 aliphatic rings. The third-order valence-electron chi connectivity index (χ3n) is 4.92. The molecular formula is C28H18F2O. The zero-order valence-corrected chi connectivity index (χ0v) is 17.1. The van der Waals surface area contributed by atoms with Gasteiger partial charge in [0.05, 0.1) is 12.7 Å². The van der Waals surface area contributed by atoms with Gasteiger partial charge in [-0.15, -0.1) is 0 Å². The molecule has 3 heteroatoms. The first kappa shape index (κ1) is 20.2. The van der Waals surface area contributed by atoms with Crippen molar-refractivity contribution in [2.75, 3.05) is 7.11 Å². The van der Waals surface area contributed by atoms with Crippen LogP contribution in [0.25, 0.3) is 10.8 Å². The second-order valence-electron chi connectivity index (χ2n) is 7.02. The van der Waals surface area contributed by atoms with Gasteiger partial charge in [-0.25, -0.2) is 4.39 Å². The van der Waals surface area contributed by atoms with Crippen molar-refractivity contribution in [2.45, 2.75) is 6.92 Å². The molecule has 0 N–H and O–H groups in total. The Balaban J connectivity index is 1.74. The van der Waals surface area contributed by atoms with Crippen LogP contribution >= 0.6 is 0 Å². The number of methoxy groups -OCH3 is 1. The highest BCUT2D eigenvalue weighted by molar-refractivity contribution is 5.93. The summed E-state index contributed by atoms with van der Waals surface area (Å²) in [5.41, 5.74) is 3.70. The fourth-order valence-electron chi connectivity index (χ4n) is 3.21. The summed E-state index contributed by atoms with van der Waals surface area (Å²) in [4.78, 5) is 0. The Labute approximate surface area is 180 Å². The topological polar surface area (TPSA) is 9.23 Å². The molecule has 0 amide bonds. The Bertz CT molecular complexity index is 1390. The van der Waals surface area contributed by atoms with Gasteiger partial charge in [0.25, 0.3) is 0 Å². The van der Waals surface area contributed by atoms with Crippen molar-refractivity contribution in [2.24, 2.45) is 0 Å². The maximum Gasteiger partial charge on any atom is 0.201 e. The van der Waals surface area contributed by atoms with E-state index in [2.05, 4.69) is 23.7 Å². The molecule has 0 spiro atoms. The van der Waals surface area contributed by atoms with Crippen LogP contribution in [-0.4, -0.2) is 7.11 Å². The van der Waals surface area contributed by atoms with E-state index >= 15 is 0 Å². The molecule has 4 rings (SSSR count). The molecule has 31 heavy (non-hydrogen) atoms. The molecule has 4 aromatic rings. The minimum Gasteiger partial charge on any atom is -0.494 e. The second-order valence-corrected chi connectivity index (χ2v) is 7.02. The van der Waals surface area contributed by atoms with Crippen LogP contribution in [0.3, 0.4) is 0 Å². The number of benzene rings is 4. The Morgan fingerprint density at radius 3 is 1.77 bits per heavy atom. The molecular weight excluding hydrogens is 390 g/mol. The first-order valence-corrected chi connectivity index (χ1v) is 9.71. The van der Waals surface area contributed by atoms with Crippen LogP contribution in [0.5, 0.6) is 5.75 Å². The summed E-state index contributed by atoms with van der Waals surface area (Å²) in [7, 11) is 1.29. The van der Waals surface area contributed by atoms with Crippen LogP contribution in [0.15, 0.2) is 72.8 Å². The van der Waals surface area contributed by atoms with Gasteiger partial charge < -0.3 is 4.74 Å². The van der Waals surface area contributed by atoms with Crippen LogP contribution < -0.4 is 4.74 Å². The lowest BCUT2D eigenvalue weighted by atomic mass is 9.99. The van der Waals surface area contributed by atoms with Crippen LogP contribution in [0.2, 0.25) is 0 Å². The summed E-state index contributed by atoms with van der Waals surface area (Å²) < 4.78 is 33.0. The van der Waals surface area contributed by atoms with E-state index in [9.17, 15) is 8.78 Å². The van der Waals surface area contributed by atoms with E-state index in [1.807, 2.05) is 67.6 Å². The quantitative estimate of drug-likeness (QED) is 0.339. The van der Waals surface area contributed by atoms with Gasteiger partial charge in [-0.3, -0.25) is 0 Å². The van der Waals surface area contributed by atoms with E-state index in [0.717, 1.165) is 21.9 Å². The molecule has 0 saturated carbocycles. The maximum absolute atomic E-state index is 14.2. The lowest BCUT2D eigenvalue weighted by Gasteiger charge is -2.04. The highest BCUT2D eigenvalue weighted by Crippen LogP contribution is 2.24. The molecule has 0 aromatic heterocycles. The first-order valence-electron chi connectivity index (χ1n) is 9.71. The average molecular weight is 408 g/mol. The van der Waals surface area contributed by atoms with Crippen molar-refractivity contribution in [3.63, 3.8) is 0 Å². The third kappa shape index (κ3) is 4.27. The summed E-state index contributed by atoms with van der Waals surface area (Å²) >= 11 is 0. The van der Waals surface area contributed by atoms with Gasteiger partial charge in [0.2, 0.25) is 5.82 Å². The fraction of sp³-hybridized carbons (Fsp3) is 0.0714. The molecule has 0 radical (unpaired) electrons. The predicted molar refractivity (Wildman–Crippen MR) is 120 cm³/mol. The number of hydrogen-bond donors (Lipinski definition) is 0.